The van der Waals surface area contributed by atoms with Crippen LogP contribution in [0.15, 0.2) is 46.9 Å². The van der Waals surface area contributed by atoms with Crippen molar-refractivity contribution < 1.29 is 4.79 Å². The second kappa shape index (κ2) is 9.71. The number of rotatable bonds is 6. The van der Waals surface area contributed by atoms with Gasteiger partial charge in [-0.15, -0.1) is 0 Å². The van der Waals surface area contributed by atoms with E-state index in [9.17, 15) is 4.79 Å². The fourth-order valence-corrected chi connectivity index (χ4v) is 4.16. The van der Waals surface area contributed by atoms with Crippen LogP contribution in [0.2, 0.25) is 0 Å². The number of aryl methyl sites for hydroxylation is 2. The van der Waals surface area contributed by atoms with Gasteiger partial charge < -0.3 is 5.32 Å². The first kappa shape index (κ1) is 21.1. The fraction of sp³-hybridized carbons (Fsp3) is 0.458. The van der Waals surface area contributed by atoms with Gasteiger partial charge in [-0.1, -0.05) is 53.2 Å². The number of likely N-dealkylation sites (tertiary alicyclic amines) is 1. The molecule has 0 spiro atoms. The normalized spacial score (nSPS) is 16.7. The van der Waals surface area contributed by atoms with Crippen molar-refractivity contribution in [2.45, 2.75) is 52.6 Å². The number of benzene rings is 2. The number of carbonyl (C=O) groups excluding carboxylic acids is 1. The van der Waals surface area contributed by atoms with Crippen LogP contribution in [0, 0.1) is 19.8 Å². The quantitative estimate of drug-likeness (QED) is 0.635. The van der Waals surface area contributed by atoms with Crippen LogP contribution in [0.25, 0.3) is 0 Å². The number of hydrogen-bond acceptors (Lipinski definition) is 2. The molecule has 1 heterocycles. The molecule has 28 heavy (non-hydrogen) atoms. The number of nitrogens with zero attached hydrogens (tertiary/aromatic N) is 1. The minimum atomic E-state index is 0.104. The van der Waals surface area contributed by atoms with E-state index >= 15 is 0 Å². The predicted molar refractivity (Wildman–Crippen MR) is 119 cm³/mol. The van der Waals surface area contributed by atoms with E-state index in [1.807, 2.05) is 0 Å². The third kappa shape index (κ3) is 5.45. The van der Waals surface area contributed by atoms with Gasteiger partial charge in [0.2, 0.25) is 5.91 Å². The Morgan fingerprint density at radius 3 is 2.39 bits per heavy atom. The van der Waals surface area contributed by atoms with E-state index in [0.29, 0.717) is 0 Å². The molecular weight excluding hydrogens is 412 g/mol. The summed E-state index contributed by atoms with van der Waals surface area (Å²) in [4.78, 5) is 15.3. The Balaban J connectivity index is 1.52. The van der Waals surface area contributed by atoms with Gasteiger partial charge in [0, 0.05) is 16.9 Å². The predicted octanol–water partition coefficient (Wildman–Crippen LogP) is 5.55. The summed E-state index contributed by atoms with van der Waals surface area (Å²) in [6, 6.07) is 15.1. The molecule has 0 aliphatic carbocycles. The maximum Gasteiger partial charge on any atom is 0.223 e. The van der Waals surface area contributed by atoms with Gasteiger partial charge in [-0.3, -0.25) is 9.69 Å². The number of halogens is 1. The second-order valence-corrected chi connectivity index (χ2v) is 8.91. The topological polar surface area (TPSA) is 32.3 Å². The summed E-state index contributed by atoms with van der Waals surface area (Å²) < 4.78 is 1.11. The molecule has 1 saturated heterocycles. The highest BCUT2D eigenvalue weighted by atomic mass is 79.9. The SMILES string of the molecule is CC[C@H](NC(=O)C1CCN(Cc2ccc(Br)cc2)CC1)c1ccc(C)c(C)c1. The first-order valence-electron chi connectivity index (χ1n) is 10.3. The highest BCUT2D eigenvalue weighted by molar-refractivity contribution is 9.10. The number of piperidine rings is 1. The fourth-order valence-electron chi connectivity index (χ4n) is 3.89. The lowest BCUT2D eigenvalue weighted by Crippen LogP contribution is -2.41. The summed E-state index contributed by atoms with van der Waals surface area (Å²) in [5.41, 5.74) is 5.12. The molecule has 1 N–H and O–H groups in total. The molecule has 1 aliphatic rings. The smallest absolute Gasteiger partial charge is 0.223 e. The molecule has 1 atom stereocenters. The van der Waals surface area contributed by atoms with Crippen LogP contribution < -0.4 is 5.32 Å². The van der Waals surface area contributed by atoms with Gasteiger partial charge in [-0.25, -0.2) is 0 Å². The first-order chi connectivity index (χ1) is 13.5. The highest BCUT2D eigenvalue weighted by Crippen LogP contribution is 2.24. The third-order valence-electron chi connectivity index (χ3n) is 5.94. The van der Waals surface area contributed by atoms with Crippen molar-refractivity contribution in [2.75, 3.05) is 13.1 Å². The van der Waals surface area contributed by atoms with E-state index in [1.54, 1.807) is 0 Å². The molecule has 0 saturated carbocycles. The average Bonchev–Trinajstić information content (AvgIpc) is 2.70. The van der Waals surface area contributed by atoms with Crippen LogP contribution in [-0.4, -0.2) is 23.9 Å². The van der Waals surface area contributed by atoms with Crippen LogP contribution in [0.4, 0.5) is 0 Å². The van der Waals surface area contributed by atoms with Gasteiger partial charge in [0.05, 0.1) is 6.04 Å². The zero-order chi connectivity index (χ0) is 20.1. The zero-order valence-corrected chi connectivity index (χ0v) is 18.8. The summed E-state index contributed by atoms with van der Waals surface area (Å²) in [5, 5.41) is 3.31. The Morgan fingerprint density at radius 1 is 1.11 bits per heavy atom. The van der Waals surface area contributed by atoms with Gasteiger partial charge in [0.1, 0.15) is 0 Å². The van der Waals surface area contributed by atoms with E-state index in [2.05, 4.69) is 89.4 Å². The van der Waals surface area contributed by atoms with Gasteiger partial charge in [-0.05, 0) is 80.6 Å². The molecule has 3 nitrogen and oxygen atoms in total. The molecule has 0 bridgehead atoms. The maximum atomic E-state index is 12.9. The Labute approximate surface area is 177 Å². The van der Waals surface area contributed by atoms with Gasteiger partial charge >= 0.3 is 0 Å². The molecule has 0 radical (unpaired) electrons. The van der Waals surface area contributed by atoms with Crippen molar-refractivity contribution in [3.63, 3.8) is 0 Å². The average molecular weight is 443 g/mol. The minimum absolute atomic E-state index is 0.104. The van der Waals surface area contributed by atoms with Crippen molar-refractivity contribution in [3.8, 4) is 0 Å². The minimum Gasteiger partial charge on any atom is -0.349 e. The van der Waals surface area contributed by atoms with Gasteiger partial charge in [0.25, 0.3) is 0 Å². The van der Waals surface area contributed by atoms with Crippen molar-refractivity contribution >= 4 is 21.8 Å². The van der Waals surface area contributed by atoms with Crippen molar-refractivity contribution in [3.05, 3.63) is 69.2 Å². The van der Waals surface area contributed by atoms with Crippen molar-refractivity contribution in [1.29, 1.82) is 0 Å². The monoisotopic (exact) mass is 442 g/mol. The largest absolute Gasteiger partial charge is 0.349 e. The van der Waals surface area contributed by atoms with Crippen LogP contribution >= 0.6 is 15.9 Å². The summed E-state index contributed by atoms with van der Waals surface area (Å²) in [6.45, 7) is 9.32. The van der Waals surface area contributed by atoms with E-state index in [4.69, 9.17) is 0 Å². The summed E-state index contributed by atoms with van der Waals surface area (Å²) in [7, 11) is 0. The summed E-state index contributed by atoms with van der Waals surface area (Å²) in [6.07, 6.45) is 2.79. The van der Waals surface area contributed by atoms with Gasteiger partial charge in [0.15, 0.2) is 0 Å². The molecule has 2 aromatic rings. The molecule has 0 unspecified atom stereocenters. The molecule has 2 aromatic carbocycles. The van der Waals surface area contributed by atoms with Crippen molar-refractivity contribution in [1.82, 2.24) is 10.2 Å². The molecule has 4 heteroatoms. The van der Waals surface area contributed by atoms with Crippen LogP contribution in [0.3, 0.4) is 0 Å². The lowest BCUT2D eigenvalue weighted by molar-refractivity contribution is -0.127. The number of amides is 1. The molecule has 1 amide bonds. The molecule has 1 fully saturated rings. The van der Waals surface area contributed by atoms with Crippen LogP contribution in [0.5, 0.6) is 0 Å². The molecule has 3 rings (SSSR count). The molecular formula is C24H31BrN2O. The van der Waals surface area contributed by atoms with E-state index < -0.39 is 0 Å². The Bertz CT molecular complexity index is 795. The number of carbonyl (C=O) groups is 1. The summed E-state index contributed by atoms with van der Waals surface area (Å²) in [5.74, 6) is 0.343. The van der Waals surface area contributed by atoms with E-state index in [0.717, 1.165) is 43.4 Å². The van der Waals surface area contributed by atoms with E-state index in [1.165, 1.54) is 22.3 Å². The molecule has 0 aromatic heterocycles. The Kier molecular flexibility index (Phi) is 7.30. The Hall–Kier alpha value is -1.65. The zero-order valence-electron chi connectivity index (χ0n) is 17.2. The molecule has 1 aliphatic heterocycles. The second-order valence-electron chi connectivity index (χ2n) is 7.99. The van der Waals surface area contributed by atoms with Gasteiger partial charge in [-0.2, -0.15) is 0 Å². The Morgan fingerprint density at radius 2 is 1.79 bits per heavy atom. The maximum absolute atomic E-state index is 12.9. The lowest BCUT2D eigenvalue weighted by atomic mass is 9.94. The van der Waals surface area contributed by atoms with Crippen molar-refractivity contribution in [2.24, 2.45) is 5.92 Å². The van der Waals surface area contributed by atoms with Crippen LogP contribution in [0.1, 0.15) is 54.5 Å². The number of nitrogens with one attached hydrogen (secondary N) is 1. The van der Waals surface area contributed by atoms with E-state index in [-0.39, 0.29) is 17.9 Å². The lowest BCUT2D eigenvalue weighted by Gasteiger charge is -2.32. The standard InChI is InChI=1S/C24H31BrN2O/c1-4-23(21-8-5-17(2)18(3)15-21)26-24(28)20-11-13-27(14-12-20)16-19-6-9-22(25)10-7-19/h5-10,15,20,23H,4,11-14,16H2,1-3H3,(H,26,28)/t23-/m0/s1. The number of hydrogen-bond donors (Lipinski definition) is 1. The third-order valence-corrected chi connectivity index (χ3v) is 6.46. The summed E-state index contributed by atoms with van der Waals surface area (Å²) >= 11 is 3.49. The van der Waals surface area contributed by atoms with Crippen LogP contribution in [-0.2, 0) is 11.3 Å². The molecule has 150 valence electrons. The highest BCUT2D eigenvalue weighted by Gasteiger charge is 2.26. The first-order valence-corrected chi connectivity index (χ1v) is 11.1.